The minimum Gasteiger partial charge on any atom is -0.423 e. The van der Waals surface area contributed by atoms with E-state index in [1.807, 2.05) is 42.5 Å². The molecule has 33 heavy (non-hydrogen) atoms. The van der Waals surface area contributed by atoms with Crippen LogP contribution in [0.25, 0.3) is 10.8 Å². The number of benzene rings is 4. The van der Waals surface area contributed by atoms with Gasteiger partial charge in [0.15, 0.2) is 0 Å². The van der Waals surface area contributed by atoms with Gasteiger partial charge in [0.2, 0.25) is 0 Å². The largest absolute Gasteiger partial charge is 0.423 e. The predicted octanol–water partition coefficient (Wildman–Crippen LogP) is 5.38. The molecule has 0 heterocycles. The molecule has 0 fully saturated rings. The Morgan fingerprint density at radius 1 is 0.879 bits per heavy atom. The van der Waals surface area contributed by atoms with Gasteiger partial charge in [0.25, 0.3) is 5.91 Å². The molecule has 0 radical (unpaired) electrons. The molecule has 0 saturated carbocycles. The van der Waals surface area contributed by atoms with Gasteiger partial charge in [0.1, 0.15) is 5.75 Å². The first kappa shape index (κ1) is 22.2. The van der Waals surface area contributed by atoms with Crippen LogP contribution >= 0.6 is 15.9 Å². The SMILES string of the molecule is O=C(CNc1cccc2ccccc12)N/N=C/c1ccc(OC(=O)c2ccc(Br)cc2)cc1. The minimum absolute atomic E-state index is 0.0935. The van der Waals surface area contributed by atoms with Crippen LogP contribution in [0.3, 0.4) is 0 Å². The van der Waals surface area contributed by atoms with Crippen LogP contribution in [0.4, 0.5) is 5.69 Å². The molecule has 0 atom stereocenters. The molecule has 0 spiro atoms. The second-order valence-electron chi connectivity index (χ2n) is 7.14. The molecule has 4 aromatic rings. The number of esters is 1. The van der Waals surface area contributed by atoms with Crippen molar-refractivity contribution in [3.05, 3.63) is 107 Å². The first-order valence-electron chi connectivity index (χ1n) is 10.2. The number of amides is 1. The van der Waals surface area contributed by atoms with Gasteiger partial charge in [-0.2, -0.15) is 5.10 Å². The maximum Gasteiger partial charge on any atom is 0.343 e. The van der Waals surface area contributed by atoms with Crippen LogP contribution in [0.5, 0.6) is 5.75 Å². The highest BCUT2D eigenvalue weighted by atomic mass is 79.9. The van der Waals surface area contributed by atoms with Crippen LogP contribution in [-0.2, 0) is 4.79 Å². The van der Waals surface area contributed by atoms with E-state index in [-0.39, 0.29) is 12.5 Å². The summed E-state index contributed by atoms with van der Waals surface area (Å²) < 4.78 is 6.25. The standard InChI is InChI=1S/C26H20BrN3O3/c27-21-12-10-20(11-13-21)26(32)33-22-14-8-18(9-15-22)16-29-30-25(31)17-28-24-7-3-5-19-4-1-2-6-23(19)24/h1-16,28H,17H2,(H,30,31)/b29-16+. The summed E-state index contributed by atoms with van der Waals surface area (Å²) in [6.07, 6.45) is 1.52. The third-order valence-corrected chi connectivity index (χ3v) is 5.33. The number of nitrogens with one attached hydrogen (secondary N) is 2. The van der Waals surface area contributed by atoms with Crippen molar-refractivity contribution in [2.45, 2.75) is 0 Å². The fourth-order valence-electron chi connectivity index (χ4n) is 3.15. The average Bonchev–Trinajstić information content (AvgIpc) is 2.84. The van der Waals surface area contributed by atoms with Gasteiger partial charge in [-0.25, -0.2) is 10.2 Å². The van der Waals surface area contributed by atoms with Crippen molar-refractivity contribution < 1.29 is 14.3 Å². The predicted molar refractivity (Wildman–Crippen MR) is 134 cm³/mol. The second-order valence-corrected chi connectivity index (χ2v) is 8.05. The lowest BCUT2D eigenvalue weighted by atomic mass is 10.1. The van der Waals surface area contributed by atoms with Gasteiger partial charge in [-0.1, -0.05) is 52.3 Å². The van der Waals surface area contributed by atoms with Gasteiger partial charge < -0.3 is 10.1 Å². The van der Waals surface area contributed by atoms with Gasteiger partial charge in [-0.3, -0.25) is 4.79 Å². The fraction of sp³-hybridized carbons (Fsp3) is 0.0385. The van der Waals surface area contributed by atoms with Crippen molar-refractivity contribution in [3.8, 4) is 5.75 Å². The van der Waals surface area contributed by atoms with Crippen LogP contribution < -0.4 is 15.5 Å². The molecule has 0 unspecified atom stereocenters. The van der Waals surface area contributed by atoms with E-state index in [4.69, 9.17) is 4.74 Å². The van der Waals surface area contributed by atoms with E-state index in [1.54, 1.807) is 48.5 Å². The number of hydrazone groups is 1. The highest BCUT2D eigenvalue weighted by Gasteiger charge is 2.08. The monoisotopic (exact) mass is 501 g/mol. The van der Waals surface area contributed by atoms with Gasteiger partial charge in [-0.05, 0) is 65.5 Å². The Labute approximate surface area is 199 Å². The summed E-state index contributed by atoms with van der Waals surface area (Å²) in [6.45, 7) is 0.0935. The summed E-state index contributed by atoms with van der Waals surface area (Å²) in [7, 11) is 0. The number of hydrogen-bond donors (Lipinski definition) is 2. The van der Waals surface area contributed by atoms with E-state index in [9.17, 15) is 9.59 Å². The van der Waals surface area contributed by atoms with E-state index >= 15 is 0 Å². The fourth-order valence-corrected chi connectivity index (χ4v) is 3.41. The first-order valence-corrected chi connectivity index (χ1v) is 11.0. The molecule has 2 N–H and O–H groups in total. The number of carbonyl (C=O) groups excluding carboxylic acids is 2. The summed E-state index contributed by atoms with van der Waals surface area (Å²) in [4.78, 5) is 24.3. The van der Waals surface area contributed by atoms with Gasteiger partial charge >= 0.3 is 5.97 Å². The zero-order valence-corrected chi connectivity index (χ0v) is 19.1. The normalized spacial score (nSPS) is 10.8. The molecule has 4 aromatic carbocycles. The van der Waals surface area contributed by atoms with E-state index in [0.29, 0.717) is 11.3 Å². The number of nitrogens with zero attached hydrogens (tertiary/aromatic N) is 1. The maximum atomic E-state index is 12.2. The van der Waals surface area contributed by atoms with E-state index in [2.05, 4.69) is 31.8 Å². The molecule has 0 aliphatic rings. The highest BCUT2D eigenvalue weighted by molar-refractivity contribution is 9.10. The number of carbonyl (C=O) groups is 2. The number of rotatable bonds is 7. The van der Waals surface area contributed by atoms with Crippen LogP contribution in [0, 0.1) is 0 Å². The number of halogens is 1. The number of hydrogen-bond acceptors (Lipinski definition) is 5. The van der Waals surface area contributed by atoms with E-state index < -0.39 is 5.97 Å². The lowest BCUT2D eigenvalue weighted by Crippen LogP contribution is -2.25. The highest BCUT2D eigenvalue weighted by Crippen LogP contribution is 2.22. The Morgan fingerprint density at radius 2 is 1.61 bits per heavy atom. The zero-order chi connectivity index (χ0) is 23.0. The topological polar surface area (TPSA) is 79.8 Å². The second kappa shape index (κ2) is 10.6. The lowest BCUT2D eigenvalue weighted by molar-refractivity contribution is -0.119. The van der Waals surface area contributed by atoms with Crippen molar-refractivity contribution in [3.63, 3.8) is 0 Å². The molecule has 164 valence electrons. The quantitative estimate of drug-likeness (QED) is 0.154. The van der Waals surface area contributed by atoms with Gasteiger partial charge in [0, 0.05) is 15.5 Å². The molecule has 4 rings (SSSR count). The van der Waals surface area contributed by atoms with Gasteiger partial charge in [0.05, 0.1) is 18.3 Å². The Morgan fingerprint density at radius 3 is 2.39 bits per heavy atom. The molecule has 0 aliphatic heterocycles. The van der Waals surface area contributed by atoms with Gasteiger partial charge in [-0.15, -0.1) is 0 Å². The molecular weight excluding hydrogens is 482 g/mol. The molecule has 0 saturated heterocycles. The van der Waals surface area contributed by atoms with E-state index in [0.717, 1.165) is 26.5 Å². The van der Waals surface area contributed by atoms with Crippen molar-refractivity contribution in [2.24, 2.45) is 5.10 Å². The maximum absolute atomic E-state index is 12.2. The first-order chi connectivity index (χ1) is 16.1. The summed E-state index contributed by atoms with van der Waals surface area (Å²) in [6, 6.07) is 27.6. The van der Waals surface area contributed by atoms with Crippen molar-refractivity contribution in [1.29, 1.82) is 0 Å². The van der Waals surface area contributed by atoms with Crippen LogP contribution in [-0.4, -0.2) is 24.6 Å². The number of ether oxygens (including phenoxy) is 1. The van der Waals surface area contributed by atoms with Crippen molar-refractivity contribution in [1.82, 2.24) is 5.43 Å². The molecule has 0 bridgehead atoms. The van der Waals surface area contributed by atoms with E-state index in [1.165, 1.54) is 6.21 Å². The molecular formula is C26H20BrN3O3. The van der Waals surface area contributed by atoms with Crippen LogP contribution in [0.1, 0.15) is 15.9 Å². The number of anilines is 1. The molecule has 7 heteroatoms. The summed E-state index contributed by atoms with van der Waals surface area (Å²) in [5.41, 5.74) is 4.60. The lowest BCUT2D eigenvalue weighted by Gasteiger charge is -2.08. The van der Waals surface area contributed by atoms with Crippen LogP contribution in [0.2, 0.25) is 0 Å². The molecule has 0 aromatic heterocycles. The summed E-state index contributed by atoms with van der Waals surface area (Å²) >= 11 is 3.33. The third-order valence-electron chi connectivity index (χ3n) is 4.80. The minimum atomic E-state index is -0.435. The number of fused-ring (bicyclic) bond motifs is 1. The molecule has 0 aliphatic carbocycles. The smallest absolute Gasteiger partial charge is 0.343 e. The summed E-state index contributed by atoms with van der Waals surface area (Å²) in [5, 5.41) is 9.28. The summed E-state index contributed by atoms with van der Waals surface area (Å²) in [5.74, 6) is -0.280. The third kappa shape index (κ3) is 6.05. The Balaban J connectivity index is 1.27. The van der Waals surface area contributed by atoms with Crippen molar-refractivity contribution >= 4 is 50.5 Å². The zero-order valence-electron chi connectivity index (χ0n) is 17.5. The van der Waals surface area contributed by atoms with Crippen molar-refractivity contribution in [2.75, 3.05) is 11.9 Å². The molecule has 1 amide bonds. The Kier molecular flexibility index (Phi) is 7.12. The molecule has 6 nitrogen and oxygen atoms in total. The average molecular weight is 502 g/mol. The Hall–Kier alpha value is -3.97. The Bertz CT molecular complexity index is 1300. The van der Waals surface area contributed by atoms with Crippen LogP contribution in [0.15, 0.2) is 101 Å².